The number of aromatic nitrogens is 3. The second-order valence-corrected chi connectivity index (χ2v) is 7.58. The Balaban J connectivity index is 1.91. The van der Waals surface area contributed by atoms with Gasteiger partial charge in [-0.1, -0.05) is 24.3 Å². The molecule has 0 saturated carbocycles. The number of rotatable bonds is 4. The summed E-state index contributed by atoms with van der Waals surface area (Å²) < 4.78 is 42.1. The number of pyridine rings is 2. The molecule has 0 spiro atoms. The zero-order valence-electron chi connectivity index (χ0n) is 16.2. The molecule has 3 heterocycles. The number of nitriles is 1. The second-order valence-electron chi connectivity index (χ2n) is 6.78. The van der Waals surface area contributed by atoms with Gasteiger partial charge in [-0.25, -0.2) is 14.3 Å². The van der Waals surface area contributed by atoms with Crippen molar-refractivity contribution >= 4 is 17.4 Å². The zero-order valence-corrected chi connectivity index (χ0v) is 17.0. The predicted octanol–water partition coefficient (Wildman–Crippen LogP) is 3.36. The van der Waals surface area contributed by atoms with Gasteiger partial charge in [-0.15, -0.1) is 0 Å². The van der Waals surface area contributed by atoms with Gasteiger partial charge >= 0.3 is 11.7 Å². The molecule has 10 heteroatoms. The molecule has 6 nitrogen and oxygen atoms in total. The van der Waals surface area contributed by atoms with E-state index in [1.807, 2.05) is 5.40 Å². The Kier molecular flexibility index (Phi) is 5.59. The monoisotopic (exact) mass is 454 g/mol. The molecule has 0 unspecified atom stereocenters. The molecule has 0 aliphatic carbocycles. The molecule has 0 aliphatic heterocycles. The summed E-state index contributed by atoms with van der Waals surface area (Å²) in [7, 11) is 0. The van der Waals surface area contributed by atoms with Gasteiger partial charge in [0, 0.05) is 29.6 Å². The van der Waals surface area contributed by atoms with Gasteiger partial charge in [0.15, 0.2) is 0 Å². The summed E-state index contributed by atoms with van der Waals surface area (Å²) in [4.78, 5) is 17.2. The largest absolute Gasteiger partial charge is 0.842 e. The third-order valence-electron chi connectivity index (χ3n) is 4.77. The van der Waals surface area contributed by atoms with Crippen LogP contribution < -0.4 is 15.2 Å². The maximum Gasteiger partial charge on any atom is 0.416 e. The average Bonchev–Trinajstić information content (AvgIpc) is 2.78. The molecule has 0 fully saturated rings. The second kappa shape index (κ2) is 8.36. The SMILES string of the molecule is N#CSc1ccc(C[n+]2c([O-])c(-c3cccc(C(F)(F)F)c3)c(=O)n3ccccc32)cn1. The van der Waals surface area contributed by atoms with E-state index in [1.54, 1.807) is 30.3 Å². The van der Waals surface area contributed by atoms with Gasteiger partial charge < -0.3 is 5.11 Å². The smallest absolute Gasteiger partial charge is 0.416 e. The van der Waals surface area contributed by atoms with E-state index < -0.39 is 23.2 Å². The Bertz CT molecular complexity index is 1410. The molecule has 0 amide bonds. The van der Waals surface area contributed by atoms with Crippen molar-refractivity contribution in [3.8, 4) is 22.4 Å². The average molecular weight is 454 g/mol. The number of hydrogen-bond donors (Lipinski definition) is 0. The zero-order chi connectivity index (χ0) is 22.9. The first kappa shape index (κ1) is 21.4. The fourth-order valence-electron chi connectivity index (χ4n) is 3.32. The quantitative estimate of drug-likeness (QED) is 0.268. The van der Waals surface area contributed by atoms with E-state index in [-0.39, 0.29) is 23.3 Å². The number of benzene rings is 1. The highest BCUT2D eigenvalue weighted by Gasteiger charge is 2.31. The van der Waals surface area contributed by atoms with Crippen LogP contribution in [-0.4, -0.2) is 9.38 Å². The van der Waals surface area contributed by atoms with Gasteiger partial charge in [-0.05, 0) is 29.8 Å². The molecule has 0 bridgehead atoms. The summed E-state index contributed by atoms with van der Waals surface area (Å²) in [5, 5.41) is 24.5. The lowest BCUT2D eigenvalue weighted by Crippen LogP contribution is -2.44. The van der Waals surface area contributed by atoms with Gasteiger partial charge in [-0.2, -0.15) is 22.8 Å². The summed E-state index contributed by atoms with van der Waals surface area (Å²) in [6.45, 7) is 0.0308. The minimum Gasteiger partial charge on any atom is -0.842 e. The van der Waals surface area contributed by atoms with E-state index in [0.717, 1.165) is 30.0 Å². The number of alkyl halides is 3. The Morgan fingerprint density at radius 1 is 1.16 bits per heavy atom. The van der Waals surface area contributed by atoms with Crippen LogP contribution in [0.4, 0.5) is 13.2 Å². The summed E-state index contributed by atoms with van der Waals surface area (Å²) >= 11 is 0.890. The summed E-state index contributed by atoms with van der Waals surface area (Å²) in [5.41, 5.74) is -1.22. The Labute approximate surface area is 183 Å². The molecule has 32 heavy (non-hydrogen) atoms. The molecule has 0 radical (unpaired) electrons. The first-order chi connectivity index (χ1) is 15.3. The number of fused-ring (bicyclic) bond motifs is 1. The summed E-state index contributed by atoms with van der Waals surface area (Å²) in [6, 6.07) is 12.3. The standard InChI is InChI=1S/C22H13F3N4O2S/c23-22(24,25)16-5-3-4-15(10-16)19-20(30)28-9-2-1-6-18(28)29(21(19)31)12-14-7-8-17(27-11-14)32-13-26/h1-11H,12H2. The van der Waals surface area contributed by atoms with E-state index >= 15 is 0 Å². The normalized spacial score (nSPS) is 11.4. The molecule has 0 aliphatic rings. The van der Waals surface area contributed by atoms with Gasteiger partial charge in [0.1, 0.15) is 22.5 Å². The van der Waals surface area contributed by atoms with Crippen LogP contribution in [0.25, 0.3) is 16.8 Å². The fraction of sp³-hybridized carbons (Fsp3) is 0.0909. The fourth-order valence-corrected chi connectivity index (χ4v) is 3.66. The molecule has 1 aromatic carbocycles. The number of halogens is 3. The highest BCUT2D eigenvalue weighted by molar-refractivity contribution is 8.03. The van der Waals surface area contributed by atoms with Crippen LogP contribution in [0.5, 0.6) is 5.88 Å². The third-order valence-corrected chi connectivity index (χ3v) is 5.32. The van der Waals surface area contributed by atoms with E-state index in [4.69, 9.17) is 5.26 Å². The Morgan fingerprint density at radius 3 is 2.66 bits per heavy atom. The highest BCUT2D eigenvalue weighted by Crippen LogP contribution is 2.32. The van der Waals surface area contributed by atoms with Crippen molar-refractivity contribution in [2.75, 3.05) is 0 Å². The van der Waals surface area contributed by atoms with Crippen molar-refractivity contribution in [2.45, 2.75) is 17.7 Å². The Hall–Kier alpha value is -3.84. The first-order valence-electron chi connectivity index (χ1n) is 9.22. The van der Waals surface area contributed by atoms with Crippen molar-refractivity contribution in [3.05, 3.63) is 88.5 Å². The van der Waals surface area contributed by atoms with E-state index in [1.165, 1.54) is 27.4 Å². The molecule has 4 rings (SSSR count). The van der Waals surface area contributed by atoms with Gasteiger partial charge in [0.05, 0.1) is 17.6 Å². The Morgan fingerprint density at radius 2 is 1.97 bits per heavy atom. The first-order valence-corrected chi connectivity index (χ1v) is 10.0. The molecular formula is C22H13F3N4O2S. The lowest BCUT2D eigenvalue weighted by Gasteiger charge is -2.18. The predicted molar refractivity (Wildman–Crippen MR) is 109 cm³/mol. The molecule has 160 valence electrons. The number of nitrogens with zero attached hydrogens (tertiary/aromatic N) is 4. The lowest BCUT2D eigenvalue weighted by atomic mass is 10.0. The molecule has 0 saturated heterocycles. The minimum atomic E-state index is -4.61. The van der Waals surface area contributed by atoms with Gasteiger partial charge in [-0.3, -0.25) is 0 Å². The number of thioether (sulfide) groups is 1. The van der Waals surface area contributed by atoms with Gasteiger partial charge in [0.2, 0.25) is 0 Å². The van der Waals surface area contributed by atoms with Crippen molar-refractivity contribution in [2.24, 2.45) is 0 Å². The molecular weight excluding hydrogens is 441 g/mol. The highest BCUT2D eigenvalue weighted by atomic mass is 32.2. The van der Waals surface area contributed by atoms with Crippen LogP contribution in [0.2, 0.25) is 0 Å². The van der Waals surface area contributed by atoms with Crippen molar-refractivity contribution < 1.29 is 22.8 Å². The van der Waals surface area contributed by atoms with E-state index in [2.05, 4.69) is 4.98 Å². The lowest BCUT2D eigenvalue weighted by molar-refractivity contribution is -0.708. The van der Waals surface area contributed by atoms with Crippen LogP contribution >= 0.6 is 11.8 Å². The number of thiocyanates is 1. The topological polar surface area (TPSA) is 85.1 Å². The minimum absolute atomic E-state index is 0.0308. The third kappa shape index (κ3) is 4.02. The van der Waals surface area contributed by atoms with Crippen molar-refractivity contribution in [1.82, 2.24) is 9.38 Å². The van der Waals surface area contributed by atoms with E-state index in [9.17, 15) is 23.1 Å². The van der Waals surface area contributed by atoms with Crippen LogP contribution in [-0.2, 0) is 12.7 Å². The van der Waals surface area contributed by atoms with Crippen LogP contribution in [0.15, 0.2) is 76.8 Å². The van der Waals surface area contributed by atoms with Crippen LogP contribution in [0.3, 0.4) is 0 Å². The molecule has 0 atom stereocenters. The maximum absolute atomic E-state index is 13.3. The number of hydrogen-bond acceptors (Lipinski definition) is 5. The van der Waals surface area contributed by atoms with Gasteiger partial charge in [0.25, 0.3) is 5.65 Å². The molecule has 4 aromatic rings. The molecule has 0 N–H and O–H groups in total. The van der Waals surface area contributed by atoms with Crippen LogP contribution in [0.1, 0.15) is 11.1 Å². The summed E-state index contributed by atoms with van der Waals surface area (Å²) in [5.74, 6) is -0.712. The maximum atomic E-state index is 13.3. The van der Waals surface area contributed by atoms with Crippen molar-refractivity contribution in [3.63, 3.8) is 0 Å². The van der Waals surface area contributed by atoms with E-state index in [0.29, 0.717) is 10.6 Å². The molecule has 3 aromatic heterocycles. The van der Waals surface area contributed by atoms with Crippen molar-refractivity contribution in [1.29, 1.82) is 5.26 Å². The summed E-state index contributed by atoms with van der Waals surface area (Å²) in [6.07, 6.45) is -1.66. The van der Waals surface area contributed by atoms with Crippen LogP contribution in [0, 0.1) is 10.7 Å².